The minimum atomic E-state index is -0.740. The summed E-state index contributed by atoms with van der Waals surface area (Å²) in [7, 11) is 1.32. The Morgan fingerprint density at radius 2 is 1.33 bits per heavy atom. The van der Waals surface area contributed by atoms with Crippen molar-refractivity contribution in [1.82, 2.24) is 4.90 Å². The lowest BCUT2D eigenvalue weighted by molar-refractivity contribution is 0.00101. The number of esters is 1. The molecule has 2 amide bonds. The largest absolute Gasteiger partial charge is 0.494 e. The molecule has 0 unspecified atom stereocenters. The highest BCUT2D eigenvalue weighted by Crippen LogP contribution is 2.16. The molecule has 0 aliphatic heterocycles. The summed E-state index contributed by atoms with van der Waals surface area (Å²) in [5.74, 6) is 0.199. The van der Waals surface area contributed by atoms with Gasteiger partial charge in [0.25, 0.3) is 0 Å². The predicted octanol–water partition coefficient (Wildman–Crippen LogP) is 4.80. The molecule has 0 bridgehead atoms. The lowest BCUT2D eigenvalue weighted by Crippen LogP contribution is -2.44. The first kappa shape index (κ1) is 25.3. The lowest BCUT2D eigenvalue weighted by atomic mass is 10.2. The number of hydrogen-bond acceptors (Lipinski definition) is 7. The topological polar surface area (TPSA) is 91.4 Å². The number of amides is 2. The molecule has 30 heavy (non-hydrogen) atoms. The van der Waals surface area contributed by atoms with Crippen molar-refractivity contribution < 1.29 is 33.3 Å². The number of hydrogen-bond donors (Lipinski definition) is 0. The van der Waals surface area contributed by atoms with Gasteiger partial charge in [-0.15, -0.1) is 0 Å². The van der Waals surface area contributed by atoms with Crippen LogP contribution >= 0.6 is 0 Å². The fourth-order valence-electron chi connectivity index (χ4n) is 2.26. The molecular formula is C22H33NO7. The number of benzene rings is 1. The Morgan fingerprint density at radius 3 is 1.77 bits per heavy atom. The molecule has 0 atom stereocenters. The molecule has 0 spiro atoms. The fourth-order valence-corrected chi connectivity index (χ4v) is 2.26. The molecule has 0 fully saturated rings. The van der Waals surface area contributed by atoms with E-state index < -0.39 is 29.4 Å². The van der Waals surface area contributed by atoms with Crippen molar-refractivity contribution in [2.24, 2.45) is 0 Å². The van der Waals surface area contributed by atoms with Crippen LogP contribution in [0.1, 0.15) is 64.7 Å². The van der Waals surface area contributed by atoms with Crippen LogP contribution in [-0.4, -0.2) is 54.5 Å². The van der Waals surface area contributed by atoms with Gasteiger partial charge in [0.05, 0.1) is 19.3 Å². The monoisotopic (exact) mass is 423 g/mol. The number of carbonyl (C=O) groups excluding carboxylic acids is 3. The number of unbranched alkanes of at least 4 members (excludes halogenated alkanes) is 1. The summed E-state index contributed by atoms with van der Waals surface area (Å²) in [5, 5.41) is 0. The third-order valence-electron chi connectivity index (χ3n) is 3.55. The normalized spacial score (nSPS) is 11.4. The van der Waals surface area contributed by atoms with E-state index >= 15 is 0 Å². The van der Waals surface area contributed by atoms with Gasteiger partial charge in [0, 0.05) is 6.54 Å². The van der Waals surface area contributed by atoms with Gasteiger partial charge in [-0.05, 0) is 78.6 Å². The molecule has 0 saturated heterocycles. The van der Waals surface area contributed by atoms with Crippen molar-refractivity contribution >= 4 is 18.2 Å². The van der Waals surface area contributed by atoms with Crippen LogP contribution in [0, 0.1) is 0 Å². The van der Waals surface area contributed by atoms with Gasteiger partial charge in [0.1, 0.15) is 17.0 Å². The molecule has 1 rings (SSSR count). The third kappa shape index (κ3) is 9.62. The van der Waals surface area contributed by atoms with Crippen molar-refractivity contribution in [3.05, 3.63) is 29.8 Å². The van der Waals surface area contributed by atoms with Crippen LogP contribution in [0.25, 0.3) is 0 Å². The Hall–Kier alpha value is -2.77. The molecule has 0 aliphatic carbocycles. The molecule has 8 heteroatoms. The number of methoxy groups -OCH3 is 1. The van der Waals surface area contributed by atoms with E-state index in [0.29, 0.717) is 30.8 Å². The minimum absolute atomic E-state index is 0.147. The first-order valence-electron chi connectivity index (χ1n) is 9.87. The van der Waals surface area contributed by atoms with Crippen LogP contribution in [0.3, 0.4) is 0 Å². The standard InChI is InChI=1S/C22H33NO7/c1-21(2,3)29-19(25)23(20(26)30-22(4,5)6)14-8-9-15-28-17-12-10-16(11-13-17)18(24)27-7/h10-13H,8-9,14-15H2,1-7H3. The number of nitrogens with zero attached hydrogens (tertiary/aromatic N) is 1. The molecule has 0 aromatic heterocycles. The maximum absolute atomic E-state index is 12.4. The van der Waals surface area contributed by atoms with Crippen molar-refractivity contribution in [3.63, 3.8) is 0 Å². The van der Waals surface area contributed by atoms with E-state index in [0.717, 1.165) is 4.90 Å². The molecule has 0 radical (unpaired) electrons. The summed E-state index contributed by atoms with van der Waals surface area (Å²) in [6.45, 7) is 10.9. The molecule has 1 aromatic carbocycles. The van der Waals surface area contributed by atoms with Crippen LogP contribution in [0.2, 0.25) is 0 Å². The second kappa shape index (κ2) is 10.8. The van der Waals surface area contributed by atoms with Gasteiger partial charge in [0.2, 0.25) is 0 Å². The van der Waals surface area contributed by atoms with Crippen molar-refractivity contribution in [2.45, 2.75) is 65.6 Å². The van der Waals surface area contributed by atoms with Crippen LogP contribution < -0.4 is 4.74 Å². The molecule has 0 heterocycles. The summed E-state index contributed by atoms with van der Waals surface area (Å²) in [5.41, 5.74) is -1.01. The quantitative estimate of drug-likeness (QED) is 0.353. The molecule has 1 aromatic rings. The van der Waals surface area contributed by atoms with Crippen LogP contribution in [0.4, 0.5) is 9.59 Å². The van der Waals surface area contributed by atoms with E-state index in [9.17, 15) is 14.4 Å². The number of rotatable bonds is 7. The van der Waals surface area contributed by atoms with Crippen LogP contribution in [-0.2, 0) is 14.2 Å². The Kier molecular flexibility index (Phi) is 9.14. The van der Waals surface area contributed by atoms with Gasteiger partial charge in [-0.25, -0.2) is 19.3 Å². The van der Waals surface area contributed by atoms with E-state index in [4.69, 9.17) is 14.2 Å². The Balaban J connectivity index is 2.57. The first-order valence-corrected chi connectivity index (χ1v) is 9.87. The average Bonchev–Trinajstić information content (AvgIpc) is 2.61. The summed E-state index contributed by atoms with van der Waals surface area (Å²) < 4.78 is 20.9. The van der Waals surface area contributed by atoms with E-state index in [1.807, 2.05) is 0 Å². The Morgan fingerprint density at radius 1 is 0.833 bits per heavy atom. The Labute approximate surface area is 178 Å². The Bertz CT molecular complexity index is 686. The van der Waals surface area contributed by atoms with Gasteiger partial charge in [-0.3, -0.25) is 0 Å². The third-order valence-corrected chi connectivity index (χ3v) is 3.55. The summed E-state index contributed by atoms with van der Waals surface area (Å²) in [6.07, 6.45) is -0.369. The first-order chi connectivity index (χ1) is 13.8. The number of imide groups is 1. The van der Waals surface area contributed by atoms with Crippen molar-refractivity contribution in [3.8, 4) is 5.75 Å². The zero-order valence-electron chi connectivity index (χ0n) is 18.9. The molecule has 0 aliphatic rings. The van der Waals surface area contributed by atoms with Gasteiger partial charge < -0.3 is 18.9 Å². The summed E-state index contributed by atoms with van der Waals surface area (Å²) >= 11 is 0. The average molecular weight is 424 g/mol. The highest BCUT2D eigenvalue weighted by molar-refractivity contribution is 5.89. The second-order valence-corrected chi connectivity index (χ2v) is 8.68. The van der Waals surface area contributed by atoms with Crippen molar-refractivity contribution in [1.29, 1.82) is 0 Å². The maximum atomic E-state index is 12.4. The molecule has 8 nitrogen and oxygen atoms in total. The zero-order chi connectivity index (χ0) is 22.9. The number of ether oxygens (including phenoxy) is 4. The molecular weight excluding hydrogens is 390 g/mol. The van der Waals surface area contributed by atoms with Gasteiger partial charge >= 0.3 is 18.2 Å². The highest BCUT2D eigenvalue weighted by Gasteiger charge is 2.30. The van der Waals surface area contributed by atoms with Gasteiger partial charge in [-0.2, -0.15) is 0 Å². The van der Waals surface area contributed by atoms with E-state index in [1.165, 1.54) is 7.11 Å². The van der Waals surface area contributed by atoms with Crippen LogP contribution in [0.15, 0.2) is 24.3 Å². The molecule has 0 N–H and O–H groups in total. The zero-order valence-corrected chi connectivity index (χ0v) is 18.9. The van der Waals surface area contributed by atoms with Crippen LogP contribution in [0.5, 0.6) is 5.75 Å². The molecule has 0 saturated carbocycles. The summed E-state index contributed by atoms with van der Waals surface area (Å²) in [6, 6.07) is 6.60. The highest BCUT2D eigenvalue weighted by atomic mass is 16.6. The predicted molar refractivity (Wildman–Crippen MR) is 112 cm³/mol. The second-order valence-electron chi connectivity index (χ2n) is 8.68. The maximum Gasteiger partial charge on any atom is 0.419 e. The number of carbonyl (C=O) groups is 3. The van der Waals surface area contributed by atoms with Gasteiger partial charge in [0.15, 0.2) is 0 Å². The van der Waals surface area contributed by atoms with E-state index in [-0.39, 0.29) is 6.54 Å². The van der Waals surface area contributed by atoms with E-state index in [1.54, 1.807) is 65.8 Å². The van der Waals surface area contributed by atoms with E-state index in [2.05, 4.69) is 4.74 Å². The molecule has 168 valence electrons. The fraction of sp³-hybridized carbons (Fsp3) is 0.591. The SMILES string of the molecule is COC(=O)c1ccc(OCCCCN(C(=O)OC(C)(C)C)C(=O)OC(C)(C)C)cc1. The van der Waals surface area contributed by atoms with Crippen molar-refractivity contribution in [2.75, 3.05) is 20.3 Å². The van der Waals surface area contributed by atoms with Gasteiger partial charge in [-0.1, -0.05) is 0 Å². The minimum Gasteiger partial charge on any atom is -0.494 e. The summed E-state index contributed by atoms with van der Waals surface area (Å²) in [4.78, 5) is 37.2. The lowest BCUT2D eigenvalue weighted by Gasteiger charge is -2.28. The smallest absolute Gasteiger partial charge is 0.419 e.